The number of hydrogen-bond acceptors (Lipinski definition) is 7. The number of hydrogen-bond donors (Lipinski definition) is 2. The van der Waals surface area contributed by atoms with Gasteiger partial charge >= 0.3 is 0 Å². The molecule has 8 nitrogen and oxygen atoms in total. The molecule has 0 spiro atoms. The van der Waals surface area contributed by atoms with E-state index in [9.17, 15) is 4.79 Å². The van der Waals surface area contributed by atoms with E-state index in [4.69, 9.17) is 29.4 Å². The predicted molar refractivity (Wildman–Crippen MR) is 143 cm³/mol. The van der Waals surface area contributed by atoms with Crippen LogP contribution < -0.4 is 34.7 Å². The fraction of sp³-hybridized carbons (Fsp3) is 0.179. The van der Waals surface area contributed by atoms with Crippen LogP contribution in [0.5, 0.6) is 28.7 Å². The summed E-state index contributed by atoms with van der Waals surface area (Å²) < 4.78 is 26.7. The molecule has 0 radical (unpaired) electrons. The van der Waals surface area contributed by atoms with Crippen LogP contribution in [0, 0.1) is 0 Å². The van der Waals surface area contributed by atoms with Crippen LogP contribution in [0.1, 0.15) is 16.7 Å². The summed E-state index contributed by atoms with van der Waals surface area (Å²) in [6.45, 7) is 0. The average molecular weight is 491 g/mol. The molecule has 36 heavy (non-hydrogen) atoms. The van der Waals surface area contributed by atoms with Gasteiger partial charge in [-0.15, -0.1) is 0 Å². The van der Waals surface area contributed by atoms with Gasteiger partial charge in [-0.2, -0.15) is 0 Å². The Bertz CT molecular complexity index is 1240. The van der Waals surface area contributed by atoms with E-state index >= 15 is 0 Å². The summed E-state index contributed by atoms with van der Waals surface area (Å²) >= 11 is 0. The Morgan fingerprint density at radius 1 is 0.667 bits per heavy atom. The van der Waals surface area contributed by atoms with Crippen molar-refractivity contribution in [2.45, 2.75) is 0 Å². The summed E-state index contributed by atoms with van der Waals surface area (Å²) in [5, 5.41) is 2.84. The first-order chi connectivity index (χ1) is 17.4. The lowest BCUT2D eigenvalue weighted by Gasteiger charge is -2.12. The van der Waals surface area contributed by atoms with Gasteiger partial charge in [0.1, 0.15) is 0 Å². The molecule has 0 saturated heterocycles. The summed E-state index contributed by atoms with van der Waals surface area (Å²) in [6.07, 6.45) is 6.98. The van der Waals surface area contributed by atoms with Crippen LogP contribution in [0.2, 0.25) is 0 Å². The fourth-order valence-corrected chi connectivity index (χ4v) is 3.54. The third-order valence-electron chi connectivity index (χ3n) is 5.29. The lowest BCUT2D eigenvalue weighted by molar-refractivity contribution is -0.111. The van der Waals surface area contributed by atoms with Crippen molar-refractivity contribution in [1.82, 2.24) is 0 Å². The Morgan fingerprint density at radius 3 is 1.69 bits per heavy atom. The Kier molecular flexibility index (Phi) is 8.83. The summed E-state index contributed by atoms with van der Waals surface area (Å²) in [7, 11) is 7.78. The zero-order chi connectivity index (χ0) is 26.1. The number of benzene rings is 3. The number of anilines is 2. The van der Waals surface area contributed by atoms with Crippen molar-refractivity contribution in [1.29, 1.82) is 0 Å². The first-order valence-corrected chi connectivity index (χ1v) is 11.0. The van der Waals surface area contributed by atoms with Gasteiger partial charge in [0.2, 0.25) is 11.7 Å². The molecule has 0 bridgehead atoms. The molecular formula is C28H30N2O6. The minimum atomic E-state index is -0.274. The normalized spacial score (nSPS) is 10.9. The third kappa shape index (κ3) is 6.29. The first kappa shape index (κ1) is 26.0. The molecule has 0 aliphatic carbocycles. The van der Waals surface area contributed by atoms with E-state index in [0.717, 1.165) is 11.1 Å². The van der Waals surface area contributed by atoms with Crippen LogP contribution in [-0.2, 0) is 4.79 Å². The van der Waals surface area contributed by atoms with Crippen molar-refractivity contribution in [3.8, 4) is 28.7 Å². The van der Waals surface area contributed by atoms with E-state index in [1.165, 1.54) is 20.3 Å². The smallest absolute Gasteiger partial charge is 0.248 e. The van der Waals surface area contributed by atoms with Crippen molar-refractivity contribution in [3.05, 3.63) is 71.3 Å². The molecule has 8 heteroatoms. The highest BCUT2D eigenvalue weighted by atomic mass is 16.5. The number of rotatable bonds is 10. The lowest BCUT2D eigenvalue weighted by atomic mass is 10.1. The fourth-order valence-electron chi connectivity index (χ4n) is 3.54. The Hall–Kier alpha value is -4.59. The van der Waals surface area contributed by atoms with Crippen molar-refractivity contribution in [3.63, 3.8) is 0 Å². The molecule has 0 aliphatic heterocycles. The SMILES string of the molecule is COc1cc(/C=C/C(=O)Nc2ccc(C=Cc3cc(OC)c(OC)c(OC)c3)cc2)cc(N)c1OC. The van der Waals surface area contributed by atoms with E-state index in [1.807, 2.05) is 48.6 Å². The molecule has 3 aromatic carbocycles. The van der Waals surface area contributed by atoms with Crippen LogP contribution in [-0.4, -0.2) is 41.5 Å². The van der Waals surface area contributed by atoms with Gasteiger partial charge in [0, 0.05) is 11.8 Å². The first-order valence-electron chi connectivity index (χ1n) is 11.0. The second-order valence-electron chi connectivity index (χ2n) is 7.58. The number of nitrogens with two attached hydrogens (primary N) is 1. The summed E-state index contributed by atoms with van der Waals surface area (Å²) in [5.74, 6) is 2.38. The van der Waals surface area contributed by atoms with E-state index in [1.54, 1.807) is 39.5 Å². The molecule has 0 unspecified atom stereocenters. The summed E-state index contributed by atoms with van der Waals surface area (Å²) in [4.78, 5) is 12.4. The maximum atomic E-state index is 12.4. The Labute approximate surface area is 210 Å². The van der Waals surface area contributed by atoms with Gasteiger partial charge in [-0.25, -0.2) is 0 Å². The molecular weight excluding hydrogens is 460 g/mol. The quantitative estimate of drug-likeness (QED) is 0.231. The van der Waals surface area contributed by atoms with E-state index in [0.29, 0.717) is 45.7 Å². The van der Waals surface area contributed by atoms with Gasteiger partial charge in [-0.05, 0) is 59.2 Å². The van der Waals surface area contributed by atoms with Gasteiger partial charge in [-0.1, -0.05) is 24.3 Å². The molecule has 0 fully saturated rings. The van der Waals surface area contributed by atoms with Gasteiger partial charge in [-0.3, -0.25) is 4.79 Å². The minimum Gasteiger partial charge on any atom is -0.493 e. The molecule has 3 N–H and O–H groups in total. The number of ether oxygens (including phenoxy) is 5. The van der Waals surface area contributed by atoms with Crippen molar-refractivity contribution in [2.75, 3.05) is 46.6 Å². The maximum Gasteiger partial charge on any atom is 0.248 e. The predicted octanol–water partition coefficient (Wildman–Crippen LogP) is 5.13. The van der Waals surface area contributed by atoms with Crippen molar-refractivity contribution >= 4 is 35.5 Å². The number of methoxy groups -OCH3 is 5. The van der Waals surface area contributed by atoms with Crippen LogP contribution in [0.15, 0.2) is 54.6 Å². The lowest BCUT2D eigenvalue weighted by Crippen LogP contribution is -2.07. The van der Waals surface area contributed by atoms with Gasteiger partial charge in [0.05, 0.1) is 41.2 Å². The largest absolute Gasteiger partial charge is 0.493 e. The molecule has 3 aromatic rings. The minimum absolute atomic E-state index is 0.274. The summed E-state index contributed by atoms with van der Waals surface area (Å²) in [5.41, 5.74) is 9.65. The van der Waals surface area contributed by atoms with E-state index < -0.39 is 0 Å². The highest BCUT2D eigenvalue weighted by Gasteiger charge is 2.12. The zero-order valence-electron chi connectivity index (χ0n) is 21.0. The number of carbonyl (C=O) groups excluding carboxylic acids is 1. The summed E-state index contributed by atoms with van der Waals surface area (Å²) in [6, 6.07) is 14.7. The average Bonchev–Trinajstić information content (AvgIpc) is 2.90. The van der Waals surface area contributed by atoms with Gasteiger partial charge in [0.25, 0.3) is 0 Å². The van der Waals surface area contributed by atoms with Crippen LogP contribution in [0.3, 0.4) is 0 Å². The third-order valence-corrected chi connectivity index (χ3v) is 5.29. The number of nitrogens with one attached hydrogen (secondary N) is 1. The number of amides is 1. The molecule has 0 aromatic heterocycles. The maximum absolute atomic E-state index is 12.4. The van der Waals surface area contributed by atoms with Gasteiger partial charge < -0.3 is 34.7 Å². The highest BCUT2D eigenvalue weighted by Crippen LogP contribution is 2.38. The van der Waals surface area contributed by atoms with Crippen LogP contribution >= 0.6 is 0 Å². The zero-order valence-corrected chi connectivity index (χ0v) is 21.0. The monoisotopic (exact) mass is 490 g/mol. The molecule has 3 rings (SSSR count). The Balaban J connectivity index is 1.66. The van der Waals surface area contributed by atoms with Crippen LogP contribution in [0.4, 0.5) is 11.4 Å². The van der Waals surface area contributed by atoms with E-state index in [-0.39, 0.29) is 5.91 Å². The molecule has 0 atom stereocenters. The second kappa shape index (κ2) is 12.2. The number of nitrogen functional groups attached to an aromatic ring is 1. The van der Waals surface area contributed by atoms with Crippen molar-refractivity contribution in [2.24, 2.45) is 0 Å². The molecule has 0 heterocycles. The molecule has 0 saturated carbocycles. The Morgan fingerprint density at radius 2 is 1.17 bits per heavy atom. The number of carbonyl (C=O) groups is 1. The highest BCUT2D eigenvalue weighted by molar-refractivity contribution is 6.02. The molecule has 1 amide bonds. The molecule has 0 aliphatic rings. The topological polar surface area (TPSA) is 101 Å². The van der Waals surface area contributed by atoms with Crippen molar-refractivity contribution < 1.29 is 28.5 Å². The second-order valence-corrected chi connectivity index (χ2v) is 7.58. The van der Waals surface area contributed by atoms with Crippen LogP contribution in [0.25, 0.3) is 18.2 Å². The van der Waals surface area contributed by atoms with E-state index in [2.05, 4.69) is 5.32 Å². The standard InChI is InChI=1S/C28H30N2O6/c1-32-23-15-19(14-22(29)27(23)35-4)10-13-26(31)30-21-11-8-18(9-12-21)6-7-20-16-24(33-2)28(36-5)25(17-20)34-3/h6-17H,29H2,1-5H3,(H,30,31)/b7-6?,13-10+. The molecule has 188 valence electrons. The van der Waals surface area contributed by atoms with Gasteiger partial charge in [0.15, 0.2) is 23.0 Å².